The fraction of sp³-hybridized carbons (Fsp3) is 0.889. The minimum absolute atomic E-state index is 0.0928. The van der Waals surface area contributed by atoms with E-state index in [4.69, 9.17) is 0 Å². The molecule has 6 heteroatoms. The largest absolute Gasteiger partial charge is 0.339 e. The molecule has 0 radical (unpaired) electrons. The fourth-order valence-corrected chi connectivity index (χ4v) is 2.77. The first-order valence-electron chi connectivity index (χ1n) is 5.13. The predicted octanol–water partition coefficient (Wildman–Crippen LogP) is -0.759. The van der Waals surface area contributed by atoms with E-state index < -0.39 is 9.84 Å². The summed E-state index contributed by atoms with van der Waals surface area (Å²) in [4.78, 5) is 13.1. The van der Waals surface area contributed by atoms with Crippen molar-refractivity contribution in [3.05, 3.63) is 0 Å². The summed E-state index contributed by atoms with van der Waals surface area (Å²) in [7, 11) is -1.54. The molecule has 0 aliphatic carbocycles. The van der Waals surface area contributed by atoms with Crippen molar-refractivity contribution in [3.8, 4) is 0 Å². The van der Waals surface area contributed by atoms with Gasteiger partial charge in [-0.3, -0.25) is 4.79 Å². The van der Waals surface area contributed by atoms with Gasteiger partial charge in [0.1, 0.15) is 5.75 Å². The molecule has 5 nitrogen and oxygen atoms in total. The van der Waals surface area contributed by atoms with E-state index in [2.05, 4.69) is 5.32 Å². The zero-order valence-electron chi connectivity index (χ0n) is 9.19. The highest BCUT2D eigenvalue weighted by atomic mass is 32.2. The Bertz CT molecular complexity index is 322. The van der Waals surface area contributed by atoms with Crippen LogP contribution in [0.4, 0.5) is 0 Å². The molecule has 1 fully saturated rings. The van der Waals surface area contributed by atoms with Crippen LogP contribution in [0, 0.1) is 0 Å². The van der Waals surface area contributed by atoms with Crippen molar-refractivity contribution in [1.82, 2.24) is 10.2 Å². The number of likely N-dealkylation sites (N-methyl/N-ethyl adjacent to an activating group) is 1. The zero-order valence-corrected chi connectivity index (χ0v) is 10.0. The van der Waals surface area contributed by atoms with Gasteiger partial charge in [0.25, 0.3) is 0 Å². The van der Waals surface area contributed by atoms with Crippen LogP contribution in [0.15, 0.2) is 0 Å². The van der Waals surface area contributed by atoms with E-state index in [9.17, 15) is 13.2 Å². The predicted molar refractivity (Wildman–Crippen MR) is 58.4 cm³/mol. The molecule has 0 saturated carbocycles. The third-order valence-corrected chi connectivity index (χ3v) is 4.28. The Balaban J connectivity index is 2.47. The van der Waals surface area contributed by atoms with Crippen LogP contribution >= 0.6 is 0 Å². The van der Waals surface area contributed by atoms with Crippen molar-refractivity contribution >= 4 is 15.7 Å². The second-order valence-electron chi connectivity index (χ2n) is 3.91. The quantitative estimate of drug-likeness (QED) is 0.679. The average molecular weight is 234 g/mol. The normalized spacial score (nSPS) is 17.2. The van der Waals surface area contributed by atoms with E-state index in [1.54, 1.807) is 14.0 Å². The third kappa shape index (κ3) is 3.46. The molecule has 0 aromatic heterocycles. The number of carbonyl (C=O) groups is 1. The molecule has 1 N–H and O–H groups in total. The van der Waals surface area contributed by atoms with Gasteiger partial charge in [0.15, 0.2) is 9.84 Å². The third-order valence-electron chi connectivity index (χ3n) is 2.56. The van der Waals surface area contributed by atoms with Crippen molar-refractivity contribution in [2.45, 2.75) is 19.4 Å². The number of hydrogen-bond donors (Lipinski definition) is 1. The molecule has 0 atom stereocenters. The number of nitrogens with zero attached hydrogens (tertiary/aromatic N) is 1. The summed E-state index contributed by atoms with van der Waals surface area (Å²) in [6.45, 7) is 3.31. The molecular weight excluding hydrogens is 216 g/mol. The molecule has 15 heavy (non-hydrogen) atoms. The second-order valence-corrected chi connectivity index (χ2v) is 6.09. The fourth-order valence-electron chi connectivity index (χ4n) is 1.42. The Kier molecular flexibility index (Phi) is 4.10. The van der Waals surface area contributed by atoms with Crippen molar-refractivity contribution in [2.75, 3.05) is 31.6 Å². The van der Waals surface area contributed by atoms with Crippen LogP contribution in [0.5, 0.6) is 0 Å². The molecule has 0 aromatic carbocycles. The minimum Gasteiger partial charge on any atom is -0.339 e. The van der Waals surface area contributed by atoms with Gasteiger partial charge >= 0.3 is 0 Å². The first-order valence-corrected chi connectivity index (χ1v) is 6.95. The van der Waals surface area contributed by atoms with Crippen LogP contribution in [-0.4, -0.2) is 56.9 Å². The summed E-state index contributed by atoms with van der Waals surface area (Å²) >= 11 is 0. The summed E-state index contributed by atoms with van der Waals surface area (Å²) in [6.07, 6.45) is 0.560. The van der Waals surface area contributed by atoms with Crippen LogP contribution in [0.25, 0.3) is 0 Å². The number of carbonyl (C=O) groups excluding carboxylic acids is 1. The highest BCUT2D eigenvalue weighted by molar-refractivity contribution is 7.92. The number of hydrogen-bond acceptors (Lipinski definition) is 4. The summed E-state index contributed by atoms with van der Waals surface area (Å²) in [5, 5.41) is 3.04. The molecule has 1 aliphatic heterocycles. The molecule has 0 unspecified atom stereocenters. The summed E-state index contributed by atoms with van der Waals surface area (Å²) in [5.41, 5.74) is 0. The van der Waals surface area contributed by atoms with E-state index in [-0.39, 0.29) is 23.5 Å². The number of amides is 1. The molecule has 88 valence electrons. The highest BCUT2D eigenvalue weighted by Crippen LogP contribution is 2.04. The maximum atomic E-state index is 11.6. The maximum absolute atomic E-state index is 11.6. The van der Waals surface area contributed by atoms with Crippen LogP contribution in [0.2, 0.25) is 0 Å². The maximum Gasteiger partial charge on any atom is 0.237 e. The smallest absolute Gasteiger partial charge is 0.237 e. The summed E-state index contributed by atoms with van der Waals surface area (Å²) in [5.74, 6) is -0.557. The SMILES string of the molecule is CCCS(=O)(=O)CC(=O)N(C)C1CNC1. The zero-order chi connectivity index (χ0) is 11.5. The van der Waals surface area contributed by atoms with Crippen LogP contribution < -0.4 is 5.32 Å². The van der Waals surface area contributed by atoms with Crippen LogP contribution in [0.1, 0.15) is 13.3 Å². The van der Waals surface area contributed by atoms with Crippen LogP contribution in [-0.2, 0) is 14.6 Å². The van der Waals surface area contributed by atoms with Gasteiger partial charge in [0.05, 0.1) is 11.8 Å². The molecule has 1 aliphatic rings. The summed E-state index contributed by atoms with van der Waals surface area (Å²) in [6, 6.07) is 0.161. The van der Waals surface area contributed by atoms with E-state index in [0.717, 1.165) is 13.1 Å². The number of sulfone groups is 1. The Morgan fingerprint density at radius 3 is 2.47 bits per heavy atom. The number of rotatable bonds is 5. The van der Waals surface area contributed by atoms with Gasteiger partial charge in [-0.05, 0) is 6.42 Å². The van der Waals surface area contributed by atoms with E-state index in [1.165, 1.54) is 4.90 Å². The Morgan fingerprint density at radius 1 is 1.47 bits per heavy atom. The first kappa shape index (κ1) is 12.4. The lowest BCUT2D eigenvalue weighted by atomic mass is 10.1. The van der Waals surface area contributed by atoms with Crippen LogP contribution in [0.3, 0.4) is 0 Å². The molecule has 0 bridgehead atoms. The van der Waals surface area contributed by atoms with Gasteiger partial charge in [-0.1, -0.05) is 6.92 Å². The highest BCUT2D eigenvalue weighted by Gasteiger charge is 2.27. The van der Waals surface area contributed by atoms with E-state index in [0.29, 0.717) is 6.42 Å². The molecule has 0 spiro atoms. The topological polar surface area (TPSA) is 66.5 Å². The average Bonchev–Trinajstić information content (AvgIpc) is 1.99. The monoisotopic (exact) mass is 234 g/mol. The van der Waals surface area contributed by atoms with E-state index >= 15 is 0 Å². The standard InChI is InChI=1S/C9H18N2O3S/c1-3-4-15(13,14)7-9(12)11(2)8-5-10-6-8/h8,10H,3-7H2,1-2H3. The second kappa shape index (κ2) is 4.94. The molecular formula is C9H18N2O3S. The van der Waals surface area contributed by atoms with Gasteiger partial charge in [0, 0.05) is 20.1 Å². The first-order chi connectivity index (χ1) is 6.96. The Morgan fingerprint density at radius 2 is 2.07 bits per heavy atom. The molecule has 0 aromatic rings. The molecule has 1 saturated heterocycles. The minimum atomic E-state index is -3.21. The molecule has 1 rings (SSSR count). The Hall–Kier alpha value is -0.620. The molecule has 1 amide bonds. The van der Waals surface area contributed by atoms with Gasteiger partial charge in [-0.15, -0.1) is 0 Å². The van der Waals surface area contributed by atoms with Crippen molar-refractivity contribution < 1.29 is 13.2 Å². The van der Waals surface area contributed by atoms with E-state index in [1.807, 2.05) is 0 Å². The summed E-state index contributed by atoms with van der Waals surface area (Å²) < 4.78 is 22.8. The lowest BCUT2D eigenvalue weighted by Crippen LogP contribution is -2.58. The van der Waals surface area contributed by atoms with Gasteiger partial charge in [-0.2, -0.15) is 0 Å². The van der Waals surface area contributed by atoms with Crippen molar-refractivity contribution in [1.29, 1.82) is 0 Å². The van der Waals surface area contributed by atoms with Gasteiger partial charge in [-0.25, -0.2) is 8.42 Å². The lowest BCUT2D eigenvalue weighted by molar-refractivity contribution is -0.130. The molecule has 1 heterocycles. The van der Waals surface area contributed by atoms with Crippen molar-refractivity contribution in [3.63, 3.8) is 0 Å². The van der Waals surface area contributed by atoms with Gasteiger partial charge < -0.3 is 10.2 Å². The number of nitrogens with one attached hydrogen (secondary N) is 1. The van der Waals surface area contributed by atoms with Gasteiger partial charge in [0.2, 0.25) is 5.91 Å². The lowest BCUT2D eigenvalue weighted by Gasteiger charge is -2.35. The van der Waals surface area contributed by atoms with Crippen molar-refractivity contribution in [2.24, 2.45) is 0 Å². The Labute approximate surface area is 90.7 Å².